The highest BCUT2D eigenvalue weighted by Crippen LogP contribution is 2.19. The zero-order chi connectivity index (χ0) is 19.1. The highest BCUT2D eigenvalue weighted by molar-refractivity contribution is 5.17. The normalized spacial score (nSPS) is 18.3. The molecule has 1 aromatic carbocycles. The third-order valence-corrected chi connectivity index (χ3v) is 5.26. The number of halogens is 1. The number of rotatable bonds is 9. The number of nitrogens with zero attached hydrogens (tertiary/aromatic N) is 2. The molecule has 0 saturated carbocycles. The molecule has 1 aliphatic rings. The zero-order valence-electron chi connectivity index (χ0n) is 16.5. The van der Waals surface area contributed by atoms with E-state index in [1.165, 1.54) is 12.8 Å². The largest absolute Gasteiger partial charge is 0.462 e. The fourth-order valence-electron chi connectivity index (χ4n) is 3.98. The topological polar surface area (TPSA) is 28.9 Å². The Morgan fingerprint density at radius 2 is 2.04 bits per heavy atom. The minimum absolute atomic E-state index is 0.0860. The quantitative estimate of drug-likeness (QED) is 0.665. The summed E-state index contributed by atoms with van der Waals surface area (Å²) < 4.78 is 24.7. The summed E-state index contributed by atoms with van der Waals surface area (Å²) in [6.07, 6.45) is 3.26. The number of likely N-dealkylation sites (tertiary alicyclic amines) is 1. The van der Waals surface area contributed by atoms with Crippen molar-refractivity contribution in [3.05, 3.63) is 59.3 Å². The first-order valence-electron chi connectivity index (χ1n) is 9.85. The number of hydrogen-bond acceptors (Lipinski definition) is 4. The van der Waals surface area contributed by atoms with Crippen LogP contribution in [0.1, 0.15) is 29.9 Å². The van der Waals surface area contributed by atoms with Crippen LogP contribution in [0.2, 0.25) is 0 Å². The summed E-state index contributed by atoms with van der Waals surface area (Å²) in [6, 6.07) is 11.1. The molecule has 2 aromatic rings. The third-order valence-electron chi connectivity index (χ3n) is 5.26. The van der Waals surface area contributed by atoms with Crippen LogP contribution < -0.4 is 0 Å². The van der Waals surface area contributed by atoms with E-state index in [1.807, 2.05) is 24.3 Å². The maximum Gasteiger partial charge on any atom is 0.129 e. The van der Waals surface area contributed by atoms with E-state index in [9.17, 15) is 4.39 Å². The Morgan fingerprint density at radius 3 is 2.85 bits per heavy atom. The lowest BCUT2D eigenvalue weighted by atomic mass is 9.97. The molecule has 5 heteroatoms. The molecule has 0 amide bonds. The van der Waals surface area contributed by atoms with Gasteiger partial charge in [-0.15, -0.1) is 0 Å². The number of ether oxygens (including phenoxy) is 1. The van der Waals surface area contributed by atoms with E-state index in [4.69, 9.17) is 9.15 Å². The Bertz CT molecular complexity index is 703. The molecule has 0 radical (unpaired) electrons. The fourth-order valence-corrected chi connectivity index (χ4v) is 3.98. The molecule has 4 nitrogen and oxygen atoms in total. The summed E-state index contributed by atoms with van der Waals surface area (Å²) in [7, 11) is 3.83. The smallest absolute Gasteiger partial charge is 0.129 e. The summed E-state index contributed by atoms with van der Waals surface area (Å²) in [5.74, 6) is 2.42. The maximum atomic E-state index is 13.8. The monoisotopic (exact) mass is 374 g/mol. The maximum absolute atomic E-state index is 13.8. The lowest BCUT2D eigenvalue weighted by Crippen LogP contribution is -2.40. The predicted molar refractivity (Wildman–Crippen MR) is 105 cm³/mol. The van der Waals surface area contributed by atoms with Crippen LogP contribution in [0.3, 0.4) is 0 Å². The van der Waals surface area contributed by atoms with Crippen LogP contribution in [0.4, 0.5) is 4.39 Å². The summed E-state index contributed by atoms with van der Waals surface area (Å²) in [5.41, 5.74) is 0.821. The molecule has 0 aliphatic carbocycles. The van der Waals surface area contributed by atoms with Gasteiger partial charge in [-0.05, 0) is 62.5 Å². The van der Waals surface area contributed by atoms with Crippen LogP contribution in [0.5, 0.6) is 0 Å². The first-order valence-corrected chi connectivity index (χ1v) is 9.85. The van der Waals surface area contributed by atoms with Crippen molar-refractivity contribution >= 4 is 0 Å². The molecular formula is C22H31FN2O2. The van der Waals surface area contributed by atoms with E-state index in [0.29, 0.717) is 12.5 Å². The van der Waals surface area contributed by atoms with Gasteiger partial charge in [0.05, 0.1) is 6.54 Å². The minimum atomic E-state index is -0.0860. The Hall–Kier alpha value is -1.69. The Kier molecular flexibility index (Phi) is 7.44. The van der Waals surface area contributed by atoms with Gasteiger partial charge in [0.25, 0.3) is 0 Å². The van der Waals surface area contributed by atoms with Gasteiger partial charge in [-0.2, -0.15) is 0 Å². The molecule has 27 heavy (non-hydrogen) atoms. The molecular weight excluding hydrogens is 343 g/mol. The minimum Gasteiger partial charge on any atom is -0.462 e. The molecule has 1 aromatic heterocycles. The van der Waals surface area contributed by atoms with Crippen LogP contribution >= 0.6 is 0 Å². The van der Waals surface area contributed by atoms with Gasteiger partial charge in [0.1, 0.15) is 23.9 Å². The van der Waals surface area contributed by atoms with Gasteiger partial charge < -0.3 is 14.1 Å². The highest BCUT2D eigenvalue weighted by atomic mass is 19.1. The summed E-state index contributed by atoms with van der Waals surface area (Å²) in [6.45, 7) is 5.52. The van der Waals surface area contributed by atoms with Crippen LogP contribution in [0, 0.1) is 11.7 Å². The van der Waals surface area contributed by atoms with Crippen molar-refractivity contribution in [3.63, 3.8) is 0 Å². The van der Waals surface area contributed by atoms with Crippen LogP contribution in [0.15, 0.2) is 40.8 Å². The third kappa shape index (κ3) is 6.16. The van der Waals surface area contributed by atoms with Crippen LogP contribution in [0.25, 0.3) is 0 Å². The number of methoxy groups -OCH3 is 1. The van der Waals surface area contributed by atoms with Gasteiger partial charge in [0.15, 0.2) is 0 Å². The second-order valence-corrected chi connectivity index (χ2v) is 7.65. The van der Waals surface area contributed by atoms with Crippen LogP contribution in [-0.4, -0.2) is 50.1 Å². The molecule has 0 spiro atoms. The fraction of sp³-hybridized carbons (Fsp3) is 0.545. The van der Waals surface area contributed by atoms with E-state index in [0.717, 1.165) is 56.2 Å². The predicted octanol–water partition coefficient (Wildman–Crippen LogP) is 3.95. The van der Waals surface area contributed by atoms with Gasteiger partial charge in [-0.1, -0.05) is 18.2 Å². The molecule has 1 saturated heterocycles. The van der Waals surface area contributed by atoms with E-state index in [-0.39, 0.29) is 5.82 Å². The number of piperidine rings is 1. The molecule has 2 heterocycles. The number of hydrogen-bond donors (Lipinski definition) is 0. The summed E-state index contributed by atoms with van der Waals surface area (Å²) in [5, 5.41) is 0. The Balaban J connectivity index is 1.43. The summed E-state index contributed by atoms with van der Waals surface area (Å²) >= 11 is 0. The molecule has 1 fully saturated rings. The highest BCUT2D eigenvalue weighted by Gasteiger charge is 2.21. The Morgan fingerprint density at radius 1 is 1.22 bits per heavy atom. The van der Waals surface area contributed by atoms with Gasteiger partial charge >= 0.3 is 0 Å². The van der Waals surface area contributed by atoms with E-state index < -0.39 is 0 Å². The average Bonchev–Trinajstić information content (AvgIpc) is 3.08. The number of furan rings is 1. The molecule has 1 unspecified atom stereocenters. The van der Waals surface area contributed by atoms with Crippen molar-refractivity contribution in [2.75, 3.05) is 40.3 Å². The standard InChI is InChI=1S/C22H31FN2O2/c1-24(16-20-9-10-21(27-20)17-26-2)14-18-6-5-12-25(15-18)13-11-19-7-3-4-8-22(19)23/h3-4,7-10,18H,5-6,11-17H2,1-2H3. The molecule has 148 valence electrons. The van der Waals surface area contributed by atoms with E-state index in [2.05, 4.69) is 16.8 Å². The molecule has 3 rings (SSSR count). The van der Waals surface area contributed by atoms with E-state index in [1.54, 1.807) is 19.2 Å². The summed E-state index contributed by atoms with van der Waals surface area (Å²) in [4.78, 5) is 4.82. The number of benzene rings is 1. The first kappa shape index (κ1) is 20.1. The molecule has 0 N–H and O–H groups in total. The molecule has 1 atom stereocenters. The second kappa shape index (κ2) is 10.0. The van der Waals surface area contributed by atoms with Crippen molar-refractivity contribution < 1.29 is 13.5 Å². The average molecular weight is 375 g/mol. The van der Waals surface area contributed by atoms with Gasteiger partial charge in [-0.25, -0.2) is 4.39 Å². The Labute approximate surface area is 161 Å². The van der Waals surface area contributed by atoms with Crippen molar-refractivity contribution in [3.8, 4) is 0 Å². The van der Waals surface area contributed by atoms with Gasteiger partial charge in [0, 0.05) is 26.7 Å². The van der Waals surface area contributed by atoms with Crippen molar-refractivity contribution in [2.45, 2.75) is 32.4 Å². The van der Waals surface area contributed by atoms with Gasteiger partial charge in [0.2, 0.25) is 0 Å². The van der Waals surface area contributed by atoms with Gasteiger partial charge in [-0.3, -0.25) is 4.90 Å². The SMILES string of the molecule is COCc1ccc(CN(C)CC2CCCN(CCc3ccccc3F)C2)o1. The van der Waals surface area contributed by atoms with Crippen molar-refractivity contribution in [2.24, 2.45) is 5.92 Å². The lowest BCUT2D eigenvalue weighted by Gasteiger charge is -2.34. The lowest BCUT2D eigenvalue weighted by molar-refractivity contribution is 0.136. The van der Waals surface area contributed by atoms with Crippen molar-refractivity contribution in [1.82, 2.24) is 9.80 Å². The van der Waals surface area contributed by atoms with Crippen molar-refractivity contribution in [1.29, 1.82) is 0 Å². The molecule has 1 aliphatic heterocycles. The van der Waals surface area contributed by atoms with Crippen LogP contribution in [-0.2, 0) is 24.3 Å². The first-order chi connectivity index (χ1) is 13.1. The second-order valence-electron chi connectivity index (χ2n) is 7.65. The zero-order valence-corrected chi connectivity index (χ0v) is 16.5. The molecule has 0 bridgehead atoms. The van der Waals surface area contributed by atoms with E-state index >= 15 is 0 Å².